The fourth-order valence-corrected chi connectivity index (χ4v) is 5.07. The summed E-state index contributed by atoms with van der Waals surface area (Å²) >= 11 is 0. The standard InChI is InChI=1S/C15H20O5/c16-12(6-11(14(17)18)15(19)20)13-9-2-7-1-8(4-9)5-10(13)3-7/h7-11,13H,1-6H2,(H,17,18)(H,19,20). The molecule has 0 aliphatic heterocycles. The Morgan fingerprint density at radius 2 is 1.30 bits per heavy atom. The van der Waals surface area contributed by atoms with Crippen molar-refractivity contribution in [1.29, 1.82) is 0 Å². The number of carbonyl (C=O) groups excluding carboxylic acids is 1. The minimum Gasteiger partial charge on any atom is -0.481 e. The van der Waals surface area contributed by atoms with Crippen LogP contribution in [0.15, 0.2) is 0 Å². The largest absolute Gasteiger partial charge is 0.481 e. The molecule has 20 heavy (non-hydrogen) atoms. The molecule has 0 spiro atoms. The molecule has 4 aliphatic carbocycles. The third kappa shape index (κ3) is 2.23. The number of carboxylic acids is 2. The van der Waals surface area contributed by atoms with E-state index in [-0.39, 0.29) is 18.1 Å². The van der Waals surface area contributed by atoms with E-state index in [0.29, 0.717) is 11.8 Å². The van der Waals surface area contributed by atoms with Crippen LogP contribution in [0, 0.1) is 35.5 Å². The molecule has 0 radical (unpaired) electrons. The lowest BCUT2D eigenvalue weighted by Gasteiger charge is -2.54. The number of Topliss-reactive ketones (excluding diaryl/α,β-unsaturated/α-hetero) is 1. The molecule has 0 atom stereocenters. The molecule has 2 N–H and O–H groups in total. The summed E-state index contributed by atoms with van der Waals surface area (Å²) in [6.45, 7) is 0. The van der Waals surface area contributed by atoms with Gasteiger partial charge in [-0.1, -0.05) is 0 Å². The molecule has 5 heteroatoms. The van der Waals surface area contributed by atoms with Gasteiger partial charge in [0.1, 0.15) is 5.78 Å². The molecular weight excluding hydrogens is 260 g/mol. The monoisotopic (exact) mass is 280 g/mol. The second kappa shape index (κ2) is 4.86. The van der Waals surface area contributed by atoms with Gasteiger partial charge in [0.05, 0.1) is 0 Å². The van der Waals surface area contributed by atoms with E-state index in [1.54, 1.807) is 0 Å². The van der Waals surface area contributed by atoms with Crippen molar-refractivity contribution in [2.75, 3.05) is 0 Å². The molecule has 0 saturated heterocycles. The van der Waals surface area contributed by atoms with Crippen LogP contribution < -0.4 is 0 Å². The van der Waals surface area contributed by atoms with Crippen molar-refractivity contribution in [1.82, 2.24) is 0 Å². The first-order chi connectivity index (χ1) is 9.45. The van der Waals surface area contributed by atoms with E-state index in [0.717, 1.165) is 37.5 Å². The van der Waals surface area contributed by atoms with Crippen LogP contribution in [0.25, 0.3) is 0 Å². The molecule has 0 heterocycles. The van der Waals surface area contributed by atoms with Crippen LogP contribution in [0.2, 0.25) is 0 Å². The highest BCUT2D eigenvalue weighted by Crippen LogP contribution is 2.57. The van der Waals surface area contributed by atoms with Gasteiger partial charge < -0.3 is 10.2 Å². The highest BCUT2D eigenvalue weighted by Gasteiger charge is 2.51. The Bertz CT molecular complexity index is 413. The summed E-state index contributed by atoms with van der Waals surface area (Å²) in [5.41, 5.74) is 0. The molecule has 4 rings (SSSR count). The molecule has 5 nitrogen and oxygen atoms in total. The van der Waals surface area contributed by atoms with E-state index < -0.39 is 17.9 Å². The molecule has 110 valence electrons. The molecule has 4 saturated carbocycles. The van der Waals surface area contributed by atoms with Gasteiger partial charge in [0, 0.05) is 12.3 Å². The van der Waals surface area contributed by atoms with Gasteiger partial charge in [-0.3, -0.25) is 14.4 Å². The van der Waals surface area contributed by atoms with Gasteiger partial charge in [-0.15, -0.1) is 0 Å². The Morgan fingerprint density at radius 1 is 0.850 bits per heavy atom. The lowest BCUT2D eigenvalue weighted by Crippen LogP contribution is -2.48. The fourth-order valence-electron chi connectivity index (χ4n) is 5.07. The Hall–Kier alpha value is -1.39. The summed E-state index contributed by atoms with van der Waals surface area (Å²) in [4.78, 5) is 34.3. The molecule has 4 bridgehead atoms. The number of hydrogen-bond donors (Lipinski definition) is 2. The smallest absolute Gasteiger partial charge is 0.318 e. The van der Waals surface area contributed by atoms with Crippen LogP contribution >= 0.6 is 0 Å². The van der Waals surface area contributed by atoms with Crippen LogP contribution in [0.3, 0.4) is 0 Å². The predicted octanol–water partition coefficient (Wildman–Crippen LogP) is 1.80. The maximum atomic E-state index is 12.4. The zero-order valence-corrected chi connectivity index (χ0v) is 11.3. The van der Waals surface area contributed by atoms with Gasteiger partial charge in [0.25, 0.3) is 0 Å². The number of hydrogen-bond acceptors (Lipinski definition) is 3. The summed E-state index contributed by atoms with van der Waals surface area (Å²) in [5.74, 6) is -2.36. The van der Waals surface area contributed by atoms with Crippen LogP contribution in [0.4, 0.5) is 0 Å². The van der Waals surface area contributed by atoms with Gasteiger partial charge in [-0.05, 0) is 55.8 Å². The fraction of sp³-hybridized carbons (Fsp3) is 0.800. The number of rotatable bonds is 5. The molecule has 0 aromatic carbocycles. The normalized spacial score (nSPS) is 38.1. The molecular formula is C15H20O5. The van der Waals surface area contributed by atoms with Crippen LogP contribution in [0.1, 0.15) is 38.5 Å². The van der Waals surface area contributed by atoms with E-state index in [4.69, 9.17) is 10.2 Å². The Balaban J connectivity index is 1.71. The zero-order valence-electron chi connectivity index (χ0n) is 11.3. The van der Waals surface area contributed by atoms with Crippen molar-refractivity contribution in [3.63, 3.8) is 0 Å². The molecule has 0 unspecified atom stereocenters. The summed E-state index contributed by atoms with van der Waals surface area (Å²) in [6, 6.07) is 0. The highest BCUT2D eigenvalue weighted by molar-refractivity contribution is 5.98. The van der Waals surface area contributed by atoms with Crippen LogP contribution in [-0.2, 0) is 14.4 Å². The third-order valence-electron chi connectivity index (χ3n) is 5.60. The van der Waals surface area contributed by atoms with Crippen molar-refractivity contribution >= 4 is 17.7 Å². The Kier molecular flexibility index (Phi) is 3.30. The zero-order chi connectivity index (χ0) is 14.4. The van der Waals surface area contributed by atoms with Gasteiger partial charge >= 0.3 is 11.9 Å². The summed E-state index contributed by atoms with van der Waals surface area (Å²) in [6.07, 6.45) is 5.25. The second-order valence-corrected chi connectivity index (χ2v) is 6.86. The number of carboxylic acid groups (broad SMARTS) is 2. The van der Waals surface area contributed by atoms with Gasteiger partial charge in [-0.25, -0.2) is 0 Å². The van der Waals surface area contributed by atoms with E-state index >= 15 is 0 Å². The first kappa shape index (κ1) is 13.6. The van der Waals surface area contributed by atoms with Gasteiger partial charge in [-0.2, -0.15) is 0 Å². The van der Waals surface area contributed by atoms with Crippen molar-refractivity contribution in [3.05, 3.63) is 0 Å². The molecule has 4 fully saturated rings. The molecule has 0 aromatic rings. The van der Waals surface area contributed by atoms with Gasteiger partial charge in [0.15, 0.2) is 5.92 Å². The minimum absolute atomic E-state index is 0.0796. The summed E-state index contributed by atoms with van der Waals surface area (Å²) in [7, 11) is 0. The van der Waals surface area contributed by atoms with Crippen molar-refractivity contribution in [2.24, 2.45) is 35.5 Å². The van der Waals surface area contributed by atoms with Gasteiger partial charge in [0.2, 0.25) is 0 Å². The lowest BCUT2D eigenvalue weighted by molar-refractivity contribution is -0.158. The lowest BCUT2D eigenvalue weighted by atomic mass is 9.51. The minimum atomic E-state index is -1.58. The molecule has 0 aromatic heterocycles. The molecule has 4 aliphatic rings. The Labute approximate surface area is 117 Å². The van der Waals surface area contributed by atoms with Crippen molar-refractivity contribution < 1.29 is 24.6 Å². The quantitative estimate of drug-likeness (QED) is 0.749. The summed E-state index contributed by atoms with van der Waals surface area (Å²) < 4.78 is 0. The van der Waals surface area contributed by atoms with E-state index in [2.05, 4.69) is 0 Å². The first-order valence-electron chi connectivity index (χ1n) is 7.44. The first-order valence-corrected chi connectivity index (χ1v) is 7.44. The topological polar surface area (TPSA) is 91.7 Å². The SMILES string of the molecule is O=C(O)C(CC(=O)C1C2CC3CC(C2)CC1C3)C(=O)O. The predicted molar refractivity (Wildman–Crippen MR) is 68.9 cm³/mol. The molecule has 0 amide bonds. The maximum absolute atomic E-state index is 12.4. The summed E-state index contributed by atoms with van der Waals surface area (Å²) in [5, 5.41) is 17.8. The maximum Gasteiger partial charge on any atom is 0.318 e. The van der Waals surface area contributed by atoms with E-state index in [1.807, 2.05) is 0 Å². The van der Waals surface area contributed by atoms with Crippen LogP contribution in [-0.4, -0.2) is 27.9 Å². The number of carbonyl (C=O) groups is 3. The van der Waals surface area contributed by atoms with E-state index in [1.165, 1.54) is 6.42 Å². The third-order valence-corrected chi connectivity index (χ3v) is 5.60. The van der Waals surface area contributed by atoms with Crippen LogP contribution in [0.5, 0.6) is 0 Å². The highest BCUT2D eigenvalue weighted by atomic mass is 16.4. The van der Waals surface area contributed by atoms with Crippen molar-refractivity contribution in [2.45, 2.75) is 38.5 Å². The van der Waals surface area contributed by atoms with Crippen molar-refractivity contribution in [3.8, 4) is 0 Å². The average Bonchev–Trinajstić information content (AvgIpc) is 2.33. The second-order valence-electron chi connectivity index (χ2n) is 6.86. The van der Waals surface area contributed by atoms with E-state index in [9.17, 15) is 14.4 Å². The average molecular weight is 280 g/mol. The Morgan fingerprint density at radius 3 is 1.70 bits per heavy atom. The number of aliphatic carboxylic acids is 2. The number of ketones is 1.